The third-order valence-corrected chi connectivity index (χ3v) is 4.17. The molecule has 0 aromatic rings. The van der Waals surface area contributed by atoms with Crippen LogP contribution in [0.25, 0.3) is 0 Å². The fourth-order valence-corrected chi connectivity index (χ4v) is 3.27. The Kier molecular flexibility index (Phi) is 3.79. The number of halogens is 1. The van der Waals surface area contributed by atoms with E-state index in [0.29, 0.717) is 16.1 Å². The molecule has 4 heteroatoms. The number of carbonyl (C=O) groups is 1. The van der Waals surface area contributed by atoms with Crippen molar-refractivity contribution in [3.8, 4) is 0 Å². The molecule has 0 saturated heterocycles. The summed E-state index contributed by atoms with van der Waals surface area (Å²) < 4.78 is 0.441. The molecule has 0 amide bonds. The largest absolute Gasteiger partial charge is 0.362 e. The summed E-state index contributed by atoms with van der Waals surface area (Å²) in [5.74, 6) is 0.308. The molecule has 86 valence electrons. The molecule has 0 aromatic carbocycles. The van der Waals surface area contributed by atoms with Crippen molar-refractivity contribution >= 4 is 46.0 Å². The number of alkyl halides is 1. The predicted octanol–water partition coefficient (Wildman–Crippen LogP) is 3.06. The molecule has 2 rings (SSSR count). The van der Waals surface area contributed by atoms with Crippen LogP contribution in [0.15, 0.2) is 22.5 Å². The lowest BCUT2D eigenvalue weighted by Crippen LogP contribution is -2.30. The number of hydrogen-bond donors (Lipinski definition) is 1. The van der Waals surface area contributed by atoms with Gasteiger partial charge in [-0.3, -0.25) is 4.79 Å². The Hall–Kier alpha value is -0.230. The van der Waals surface area contributed by atoms with Crippen LogP contribution in [0.1, 0.15) is 32.6 Å². The first-order valence-electron chi connectivity index (χ1n) is 5.40. The molecule has 16 heavy (non-hydrogen) atoms. The number of rotatable bonds is 2. The highest BCUT2D eigenvalue weighted by atomic mass is 127. The Morgan fingerprint density at radius 3 is 3.00 bits per heavy atom. The molecule has 1 atom stereocenters. The molecule has 1 aliphatic carbocycles. The molecule has 1 N–H and O–H groups in total. The van der Waals surface area contributed by atoms with E-state index in [2.05, 4.69) is 34.8 Å². The lowest BCUT2D eigenvalue weighted by Gasteiger charge is -2.30. The van der Waals surface area contributed by atoms with Crippen LogP contribution in [0.3, 0.4) is 0 Å². The van der Waals surface area contributed by atoms with E-state index in [9.17, 15) is 4.79 Å². The minimum absolute atomic E-state index is 0.308. The van der Waals surface area contributed by atoms with E-state index in [0.717, 1.165) is 30.5 Å². The number of ketones is 1. The second-order valence-corrected chi connectivity index (χ2v) is 6.38. The molecular weight excluding hydrogens is 333 g/mol. The van der Waals surface area contributed by atoms with Crippen molar-refractivity contribution in [3.63, 3.8) is 0 Å². The van der Waals surface area contributed by atoms with Gasteiger partial charge in [-0.25, -0.2) is 0 Å². The molecule has 0 radical (unpaired) electrons. The van der Waals surface area contributed by atoms with E-state index < -0.39 is 0 Å². The molecule has 0 bridgehead atoms. The Morgan fingerprint density at radius 2 is 2.31 bits per heavy atom. The minimum atomic E-state index is 0.308. The number of carbonyl (C=O) groups excluding carboxylic acids is 1. The highest BCUT2D eigenvalue weighted by molar-refractivity contribution is 14.1. The van der Waals surface area contributed by atoms with E-state index in [1.165, 1.54) is 11.3 Å². The third kappa shape index (κ3) is 2.37. The van der Waals surface area contributed by atoms with Gasteiger partial charge in [0, 0.05) is 40.2 Å². The van der Waals surface area contributed by atoms with E-state index >= 15 is 0 Å². The van der Waals surface area contributed by atoms with Gasteiger partial charge in [0.1, 0.15) is 0 Å². The smallest absolute Gasteiger partial charge is 0.161 e. The molecular formula is C12H14INOS. The average molecular weight is 347 g/mol. The Morgan fingerprint density at radius 1 is 1.56 bits per heavy atom. The SMILES string of the molecule is CC1=C(CC=S)CC2=C(C[C@@H](I)CC2=O)N1. The zero-order valence-electron chi connectivity index (χ0n) is 9.18. The van der Waals surface area contributed by atoms with Crippen LogP contribution in [0.2, 0.25) is 0 Å². The van der Waals surface area contributed by atoms with Gasteiger partial charge in [0.2, 0.25) is 0 Å². The molecule has 2 aliphatic rings. The van der Waals surface area contributed by atoms with Crippen LogP contribution in [-0.2, 0) is 4.79 Å². The highest BCUT2D eigenvalue weighted by Crippen LogP contribution is 2.34. The van der Waals surface area contributed by atoms with Crippen molar-refractivity contribution in [1.82, 2.24) is 5.32 Å². The maximum Gasteiger partial charge on any atom is 0.161 e. The summed E-state index contributed by atoms with van der Waals surface area (Å²) in [5, 5.41) is 5.12. The standard InChI is InChI=1S/C12H14INOS/c1-7-8(2-3-16)4-10-11(14-7)5-9(13)6-12(10)15/h3,9,14H,2,4-6H2,1H3/t9-/m1/s1. The van der Waals surface area contributed by atoms with Crippen molar-refractivity contribution in [2.24, 2.45) is 0 Å². The predicted molar refractivity (Wildman–Crippen MR) is 77.8 cm³/mol. The summed E-state index contributed by atoms with van der Waals surface area (Å²) in [7, 11) is 0. The monoisotopic (exact) mass is 347 g/mol. The number of allylic oxidation sites excluding steroid dienone is 4. The van der Waals surface area contributed by atoms with E-state index in [1.807, 2.05) is 0 Å². The fourth-order valence-electron chi connectivity index (χ4n) is 2.23. The summed E-state index contributed by atoms with van der Waals surface area (Å²) >= 11 is 7.25. The molecule has 1 heterocycles. The van der Waals surface area contributed by atoms with Crippen LogP contribution < -0.4 is 5.32 Å². The van der Waals surface area contributed by atoms with Gasteiger partial charge in [-0.1, -0.05) is 34.8 Å². The van der Waals surface area contributed by atoms with Gasteiger partial charge in [-0.2, -0.15) is 0 Å². The lowest BCUT2D eigenvalue weighted by molar-refractivity contribution is -0.116. The van der Waals surface area contributed by atoms with Gasteiger partial charge >= 0.3 is 0 Å². The molecule has 2 nitrogen and oxygen atoms in total. The highest BCUT2D eigenvalue weighted by Gasteiger charge is 2.29. The number of Topliss-reactive ketones (excluding diaryl/α,β-unsaturated/α-hetero) is 1. The fraction of sp³-hybridized carbons (Fsp3) is 0.500. The number of thiocarbonyl (C=S) groups is 1. The summed E-state index contributed by atoms with van der Waals surface area (Å²) in [6, 6.07) is 0. The van der Waals surface area contributed by atoms with Crippen molar-refractivity contribution in [1.29, 1.82) is 0 Å². The van der Waals surface area contributed by atoms with Gasteiger partial charge < -0.3 is 5.32 Å². The number of hydrogen-bond acceptors (Lipinski definition) is 3. The van der Waals surface area contributed by atoms with Gasteiger partial charge in [-0.15, -0.1) is 0 Å². The Labute approximate surface area is 115 Å². The first-order valence-corrected chi connectivity index (χ1v) is 7.12. The summed E-state index contributed by atoms with van der Waals surface area (Å²) in [4.78, 5) is 11.9. The quantitative estimate of drug-likeness (QED) is 0.473. The second-order valence-electron chi connectivity index (χ2n) is 4.29. The number of dihydropyridines is 1. The molecule has 1 aliphatic heterocycles. The lowest BCUT2D eigenvalue weighted by atomic mass is 9.86. The van der Waals surface area contributed by atoms with Crippen LogP contribution in [0.4, 0.5) is 0 Å². The van der Waals surface area contributed by atoms with Gasteiger partial charge in [-0.05, 0) is 24.3 Å². The zero-order chi connectivity index (χ0) is 11.7. The van der Waals surface area contributed by atoms with Crippen molar-refractivity contribution < 1.29 is 4.79 Å². The van der Waals surface area contributed by atoms with Crippen molar-refractivity contribution in [3.05, 3.63) is 22.5 Å². The first-order chi connectivity index (χ1) is 7.61. The molecule has 0 fully saturated rings. The topological polar surface area (TPSA) is 29.1 Å². The molecule has 0 unspecified atom stereocenters. The number of nitrogens with one attached hydrogen (secondary N) is 1. The van der Waals surface area contributed by atoms with Crippen LogP contribution >= 0.6 is 34.8 Å². The van der Waals surface area contributed by atoms with Crippen LogP contribution in [-0.4, -0.2) is 15.1 Å². The van der Waals surface area contributed by atoms with E-state index in [1.54, 1.807) is 5.37 Å². The maximum absolute atomic E-state index is 11.9. The second kappa shape index (κ2) is 4.96. The van der Waals surface area contributed by atoms with Gasteiger partial charge in [0.05, 0.1) is 0 Å². The van der Waals surface area contributed by atoms with Crippen LogP contribution in [0.5, 0.6) is 0 Å². The Balaban J connectivity index is 2.24. The first kappa shape index (κ1) is 12.2. The summed E-state index contributed by atoms with van der Waals surface area (Å²) in [5.41, 5.74) is 4.57. The van der Waals surface area contributed by atoms with Crippen molar-refractivity contribution in [2.75, 3.05) is 0 Å². The Bertz CT molecular complexity index is 411. The normalized spacial score (nSPS) is 25.4. The molecule has 0 saturated carbocycles. The van der Waals surface area contributed by atoms with Crippen molar-refractivity contribution in [2.45, 2.75) is 36.5 Å². The van der Waals surface area contributed by atoms with Crippen LogP contribution in [0, 0.1) is 0 Å². The molecule has 0 aromatic heterocycles. The maximum atomic E-state index is 11.9. The average Bonchev–Trinajstić information content (AvgIpc) is 2.20. The van der Waals surface area contributed by atoms with E-state index in [4.69, 9.17) is 12.2 Å². The van der Waals surface area contributed by atoms with Gasteiger partial charge in [0.25, 0.3) is 0 Å². The van der Waals surface area contributed by atoms with E-state index in [-0.39, 0.29) is 0 Å². The van der Waals surface area contributed by atoms with Gasteiger partial charge in [0.15, 0.2) is 5.78 Å². The summed E-state index contributed by atoms with van der Waals surface area (Å²) in [6.45, 7) is 2.07. The summed E-state index contributed by atoms with van der Waals surface area (Å²) in [6.07, 6.45) is 3.27. The third-order valence-electron chi connectivity index (χ3n) is 3.12. The molecule has 0 spiro atoms. The zero-order valence-corrected chi connectivity index (χ0v) is 12.2. The minimum Gasteiger partial charge on any atom is -0.362 e.